The topological polar surface area (TPSA) is 58.2 Å². The van der Waals surface area contributed by atoms with Gasteiger partial charge in [-0.05, 0) is 47.2 Å². The highest BCUT2D eigenvalue weighted by Gasteiger charge is 2.23. The van der Waals surface area contributed by atoms with E-state index >= 15 is 0 Å². The third-order valence-corrected chi connectivity index (χ3v) is 6.87. The highest BCUT2D eigenvalue weighted by atomic mass is 79.9. The maximum atomic E-state index is 12.2. The van der Waals surface area contributed by atoms with Crippen molar-refractivity contribution < 1.29 is 8.42 Å². The van der Waals surface area contributed by atoms with Gasteiger partial charge in [-0.15, -0.1) is 11.3 Å². The predicted octanol–water partition coefficient (Wildman–Crippen LogP) is 3.09. The number of nitrogens with one attached hydrogen (secondary N) is 2. The molecule has 0 bridgehead atoms. The van der Waals surface area contributed by atoms with Crippen molar-refractivity contribution in [2.75, 3.05) is 6.54 Å². The molecule has 2 rings (SSSR count). The molecule has 7 heteroatoms. The maximum absolute atomic E-state index is 12.2. The van der Waals surface area contributed by atoms with E-state index in [4.69, 9.17) is 0 Å². The number of sulfonamides is 1. The molecule has 1 aromatic heterocycles. The van der Waals surface area contributed by atoms with Crippen LogP contribution in [-0.2, 0) is 16.6 Å². The quantitative estimate of drug-likeness (QED) is 0.728. The van der Waals surface area contributed by atoms with Gasteiger partial charge in [0.05, 0.1) is 3.79 Å². The van der Waals surface area contributed by atoms with Gasteiger partial charge >= 0.3 is 0 Å². The zero-order valence-electron chi connectivity index (χ0n) is 11.8. The van der Waals surface area contributed by atoms with E-state index in [1.165, 1.54) is 24.2 Å². The van der Waals surface area contributed by atoms with Crippen molar-refractivity contribution in [3.8, 4) is 0 Å². The lowest BCUT2D eigenvalue weighted by atomic mass is 10.1. The Morgan fingerprint density at radius 3 is 2.75 bits per heavy atom. The van der Waals surface area contributed by atoms with E-state index in [9.17, 15) is 8.42 Å². The molecule has 1 saturated carbocycles. The molecular weight excluding hydrogens is 360 g/mol. The second-order valence-corrected chi connectivity index (χ2v) is 9.78. The Kier molecular flexibility index (Phi) is 5.64. The summed E-state index contributed by atoms with van der Waals surface area (Å²) in [5.41, 5.74) is 0. The fourth-order valence-electron chi connectivity index (χ4n) is 1.76. The first-order valence-electron chi connectivity index (χ1n) is 6.89. The average Bonchev–Trinajstić information content (AvgIpc) is 3.08. The summed E-state index contributed by atoms with van der Waals surface area (Å²) in [7, 11) is -3.40. The lowest BCUT2D eigenvalue weighted by molar-refractivity contribution is 0.551. The van der Waals surface area contributed by atoms with Gasteiger partial charge in [0, 0.05) is 24.0 Å². The van der Waals surface area contributed by atoms with Crippen LogP contribution in [-0.4, -0.2) is 21.0 Å². The first-order chi connectivity index (χ1) is 9.38. The molecule has 1 aliphatic carbocycles. The summed E-state index contributed by atoms with van der Waals surface area (Å²) in [6.07, 6.45) is 3.31. The Labute approximate surface area is 133 Å². The fraction of sp³-hybridized carbons (Fsp3) is 0.692. The summed E-state index contributed by atoms with van der Waals surface area (Å²) in [5.74, 6) is 0.488. The molecule has 2 N–H and O–H groups in total. The average molecular weight is 381 g/mol. The summed E-state index contributed by atoms with van der Waals surface area (Å²) < 4.78 is 27.8. The monoisotopic (exact) mass is 380 g/mol. The van der Waals surface area contributed by atoms with Gasteiger partial charge in [0.25, 0.3) is 0 Å². The Morgan fingerprint density at radius 1 is 1.45 bits per heavy atom. The van der Waals surface area contributed by atoms with Crippen molar-refractivity contribution in [3.05, 3.63) is 14.7 Å². The lowest BCUT2D eigenvalue weighted by Crippen LogP contribution is -2.25. The standard InChI is InChI=1S/C13H21BrN2O2S2/c1-9(2)5-6-16-20(17,18)12-7-11(19-13(12)14)8-15-10-3-4-10/h7,9-10,15-16H,3-6,8H2,1-2H3. The van der Waals surface area contributed by atoms with Crippen LogP contribution in [0.1, 0.15) is 38.0 Å². The number of halogens is 1. The van der Waals surface area contributed by atoms with Crippen LogP contribution >= 0.6 is 27.3 Å². The van der Waals surface area contributed by atoms with Crippen LogP contribution in [0.3, 0.4) is 0 Å². The van der Waals surface area contributed by atoms with Gasteiger partial charge in [-0.1, -0.05) is 13.8 Å². The number of thiophene rings is 1. The van der Waals surface area contributed by atoms with Gasteiger partial charge in [-0.2, -0.15) is 0 Å². The van der Waals surface area contributed by atoms with Crippen LogP contribution in [0.15, 0.2) is 14.7 Å². The highest BCUT2D eigenvalue weighted by Crippen LogP contribution is 2.32. The van der Waals surface area contributed by atoms with Crippen molar-refractivity contribution in [2.24, 2.45) is 5.92 Å². The van der Waals surface area contributed by atoms with Gasteiger partial charge < -0.3 is 5.32 Å². The van der Waals surface area contributed by atoms with Crippen molar-refractivity contribution in [1.82, 2.24) is 10.0 Å². The molecule has 1 fully saturated rings. The zero-order valence-corrected chi connectivity index (χ0v) is 15.0. The number of hydrogen-bond acceptors (Lipinski definition) is 4. The van der Waals surface area contributed by atoms with Gasteiger partial charge in [0.15, 0.2) is 0 Å². The predicted molar refractivity (Wildman–Crippen MR) is 86.5 cm³/mol. The SMILES string of the molecule is CC(C)CCNS(=O)(=O)c1cc(CNC2CC2)sc1Br. The van der Waals surface area contributed by atoms with Crippen molar-refractivity contribution in [2.45, 2.75) is 50.6 Å². The van der Waals surface area contributed by atoms with Gasteiger partial charge in [0.2, 0.25) is 10.0 Å². The van der Waals surface area contributed by atoms with Crippen LogP contribution < -0.4 is 10.0 Å². The Bertz CT molecular complexity index is 551. The second-order valence-electron chi connectivity index (χ2n) is 5.59. The third kappa shape index (κ3) is 4.80. The van der Waals surface area contributed by atoms with Gasteiger partial charge in [-0.3, -0.25) is 0 Å². The molecule has 1 heterocycles. The van der Waals surface area contributed by atoms with Gasteiger partial charge in [0.1, 0.15) is 4.90 Å². The van der Waals surface area contributed by atoms with E-state index in [1.54, 1.807) is 6.07 Å². The Hall–Kier alpha value is 0.0500. The summed E-state index contributed by atoms with van der Waals surface area (Å²) in [5, 5.41) is 3.40. The van der Waals surface area contributed by atoms with E-state index in [2.05, 4.69) is 39.8 Å². The van der Waals surface area contributed by atoms with Crippen LogP contribution in [0, 0.1) is 5.92 Å². The normalized spacial score (nSPS) is 16.0. The highest BCUT2D eigenvalue weighted by molar-refractivity contribution is 9.11. The van der Waals surface area contributed by atoms with Crippen LogP contribution in [0.25, 0.3) is 0 Å². The van der Waals surface area contributed by atoms with E-state index in [1.807, 2.05) is 0 Å². The van der Waals surface area contributed by atoms with E-state index < -0.39 is 10.0 Å². The molecule has 0 amide bonds. The smallest absolute Gasteiger partial charge is 0.242 e. The van der Waals surface area contributed by atoms with E-state index in [-0.39, 0.29) is 0 Å². The molecule has 0 saturated heterocycles. The molecule has 0 spiro atoms. The summed E-state index contributed by atoms with van der Waals surface area (Å²) >= 11 is 4.85. The number of rotatable bonds is 8. The summed E-state index contributed by atoms with van der Waals surface area (Å²) in [4.78, 5) is 1.41. The minimum Gasteiger partial charge on any atom is -0.309 e. The Morgan fingerprint density at radius 2 is 2.15 bits per heavy atom. The Balaban J connectivity index is 1.98. The largest absolute Gasteiger partial charge is 0.309 e. The van der Waals surface area contributed by atoms with Crippen molar-refractivity contribution >= 4 is 37.3 Å². The molecule has 114 valence electrons. The maximum Gasteiger partial charge on any atom is 0.242 e. The molecule has 20 heavy (non-hydrogen) atoms. The van der Waals surface area contributed by atoms with Gasteiger partial charge in [-0.25, -0.2) is 13.1 Å². The van der Waals surface area contributed by atoms with E-state index in [0.29, 0.717) is 27.2 Å². The minimum absolute atomic E-state index is 0.360. The summed E-state index contributed by atoms with van der Waals surface area (Å²) in [6.45, 7) is 5.39. The third-order valence-electron chi connectivity index (χ3n) is 3.15. The zero-order chi connectivity index (χ0) is 14.8. The second kappa shape index (κ2) is 6.87. The minimum atomic E-state index is -3.40. The molecule has 1 aromatic rings. The van der Waals surface area contributed by atoms with Crippen LogP contribution in [0.2, 0.25) is 0 Å². The molecule has 0 unspecified atom stereocenters. The molecule has 0 atom stereocenters. The molecule has 1 aliphatic rings. The first kappa shape index (κ1) is 16.4. The molecule has 0 aromatic carbocycles. The fourth-order valence-corrected chi connectivity index (χ4v) is 5.44. The first-order valence-corrected chi connectivity index (χ1v) is 9.99. The lowest BCUT2D eigenvalue weighted by Gasteiger charge is -2.07. The van der Waals surface area contributed by atoms with E-state index in [0.717, 1.165) is 17.8 Å². The molecular formula is C13H21BrN2O2S2. The van der Waals surface area contributed by atoms with Crippen LogP contribution in [0.4, 0.5) is 0 Å². The molecule has 4 nitrogen and oxygen atoms in total. The summed E-state index contributed by atoms with van der Waals surface area (Å²) in [6, 6.07) is 2.39. The van der Waals surface area contributed by atoms with Crippen molar-refractivity contribution in [3.63, 3.8) is 0 Å². The molecule has 0 aliphatic heterocycles. The van der Waals surface area contributed by atoms with Crippen molar-refractivity contribution in [1.29, 1.82) is 0 Å². The number of hydrogen-bond donors (Lipinski definition) is 2. The molecule has 0 radical (unpaired) electrons. The van der Waals surface area contributed by atoms with Crippen LogP contribution in [0.5, 0.6) is 0 Å².